The minimum absolute atomic E-state index is 0.789. The molecule has 0 amide bonds. The maximum absolute atomic E-state index is 6.12. The fourth-order valence-corrected chi connectivity index (χ4v) is 2.36. The lowest BCUT2D eigenvalue weighted by atomic mass is 9.97. The number of ether oxygens (including phenoxy) is 2. The second-order valence-electron chi connectivity index (χ2n) is 4.16. The molecule has 0 unspecified atom stereocenters. The van der Waals surface area contributed by atoms with Crippen LogP contribution in [0.5, 0.6) is 11.5 Å². The molecular formula is C12H15NO2. The van der Waals surface area contributed by atoms with E-state index in [-0.39, 0.29) is 0 Å². The van der Waals surface area contributed by atoms with E-state index in [1.165, 1.54) is 5.56 Å². The Kier molecular flexibility index (Phi) is 1.97. The van der Waals surface area contributed by atoms with Crippen LogP contribution >= 0.6 is 0 Å². The molecule has 0 bridgehead atoms. The van der Waals surface area contributed by atoms with Gasteiger partial charge in [0, 0.05) is 11.1 Å². The summed E-state index contributed by atoms with van der Waals surface area (Å²) in [5, 5.41) is 0. The molecule has 2 heterocycles. The lowest BCUT2D eigenvalue weighted by Gasteiger charge is -2.25. The Morgan fingerprint density at radius 2 is 1.87 bits per heavy atom. The summed E-state index contributed by atoms with van der Waals surface area (Å²) in [7, 11) is 0. The Balaban J connectivity index is 2.16. The van der Waals surface area contributed by atoms with Gasteiger partial charge in [0.2, 0.25) is 0 Å². The van der Waals surface area contributed by atoms with Crippen molar-refractivity contribution in [3.05, 3.63) is 17.2 Å². The molecule has 1 aromatic carbocycles. The van der Waals surface area contributed by atoms with Gasteiger partial charge in [-0.15, -0.1) is 0 Å². The van der Waals surface area contributed by atoms with Gasteiger partial charge in [-0.25, -0.2) is 0 Å². The second-order valence-corrected chi connectivity index (χ2v) is 4.16. The Labute approximate surface area is 89.2 Å². The monoisotopic (exact) mass is 205 g/mol. The molecule has 3 nitrogen and oxygen atoms in total. The summed E-state index contributed by atoms with van der Waals surface area (Å²) in [6, 6.07) is 2.11. The van der Waals surface area contributed by atoms with E-state index in [0.29, 0.717) is 0 Å². The normalized spacial score (nSPS) is 18.4. The van der Waals surface area contributed by atoms with Crippen LogP contribution in [0.15, 0.2) is 6.07 Å². The van der Waals surface area contributed by atoms with E-state index in [1.54, 1.807) is 0 Å². The Bertz CT molecular complexity index is 367. The molecule has 0 saturated heterocycles. The number of hydrogen-bond donors (Lipinski definition) is 1. The topological polar surface area (TPSA) is 44.5 Å². The zero-order valence-electron chi connectivity index (χ0n) is 8.71. The molecule has 2 N–H and O–H groups in total. The third-order valence-corrected chi connectivity index (χ3v) is 3.13. The molecule has 3 heteroatoms. The van der Waals surface area contributed by atoms with Gasteiger partial charge < -0.3 is 15.2 Å². The highest BCUT2D eigenvalue weighted by Gasteiger charge is 2.22. The molecule has 3 rings (SSSR count). The summed E-state index contributed by atoms with van der Waals surface area (Å²) < 4.78 is 11.3. The van der Waals surface area contributed by atoms with Crippen LogP contribution in [0.2, 0.25) is 0 Å². The van der Waals surface area contributed by atoms with Crippen molar-refractivity contribution in [1.82, 2.24) is 0 Å². The van der Waals surface area contributed by atoms with E-state index in [4.69, 9.17) is 15.2 Å². The SMILES string of the molecule is Nc1c2c(cc3c1OCCC3)OCCC2. The summed E-state index contributed by atoms with van der Waals surface area (Å²) in [5.41, 5.74) is 9.28. The maximum Gasteiger partial charge on any atom is 0.145 e. The average Bonchev–Trinajstić information content (AvgIpc) is 2.30. The predicted molar refractivity (Wildman–Crippen MR) is 58.5 cm³/mol. The number of benzene rings is 1. The van der Waals surface area contributed by atoms with Crippen molar-refractivity contribution in [2.24, 2.45) is 0 Å². The highest BCUT2D eigenvalue weighted by Crippen LogP contribution is 2.41. The summed E-state index contributed by atoms with van der Waals surface area (Å²) in [5.74, 6) is 1.88. The third-order valence-electron chi connectivity index (χ3n) is 3.13. The van der Waals surface area contributed by atoms with Crippen LogP contribution in [0.3, 0.4) is 0 Å². The minimum Gasteiger partial charge on any atom is -0.493 e. The van der Waals surface area contributed by atoms with Crippen molar-refractivity contribution < 1.29 is 9.47 Å². The summed E-state index contributed by atoms with van der Waals surface area (Å²) in [6.45, 7) is 1.60. The maximum atomic E-state index is 6.12. The summed E-state index contributed by atoms with van der Waals surface area (Å²) >= 11 is 0. The van der Waals surface area contributed by atoms with Crippen LogP contribution in [-0.4, -0.2) is 13.2 Å². The average molecular weight is 205 g/mol. The first-order valence-corrected chi connectivity index (χ1v) is 5.56. The summed E-state index contributed by atoms with van der Waals surface area (Å²) in [6.07, 6.45) is 4.19. The van der Waals surface area contributed by atoms with Crippen LogP contribution in [0.4, 0.5) is 5.69 Å². The van der Waals surface area contributed by atoms with Gasteiger partial charge in [-0.2, -0.15) is 0 Å². The largest absolute Gasteiger partial charge is 0.493 e. The Morgan fingerprint density at radius 1 is 1.07 bits per heavy atom. The van der Waals surface area contributed by atoms with Crippen molar-refractivity contribution in [2.75, 3.05) is 18.9 Å². The number of hydrogen-bond acceptors (Lipinski definition) is 3. The first-order valence-electron chi connectivity index (χ1n) is 5.56. The van der Waals surface area contributed by atoms with E-state index in [9.17, 15) is 0 Å². The lowest BCUT2D eigenvalue weighted by Crippen LogP contribution is -2.16. The van der Waals surface area contributed by atoms with E-state index in [0.717, 1.165) is 61.6 Å². The van der Waals surface area contributed by atoms with Crippen LogP contribution in [-0.2, 0) is 12.8 Å². The molecule has 80 valence electrons. The molecule has 0 atom stereocenters. The van der Waals surface area contributed by atoms with Crippen LogP contribution in [0.1, 0.15) is 24.0 Å². The van der Waals surface area contributed by atoms with Crippen LogP contribution in [0, 0.1) is 0 Å². The van der Waals surface area contributed by atoms with Crippen molar-refractivity contribution in [3.63, 3.8) is 0 Å². The zero-order valence-corrected chi connectivity index (χ0v) is 8.71. The smallest absolute Gasteiger partial charge is 0.145 e. The predicted octanol–water partition coefficient (Wildman–Crippen LogP) is 1.92. The van der Waals surface area contributed by atoms with Crippen LogP contribution in [0.25, 0.3) is 0 Å². The molecule has 0 spiro atoms. The Hall–Kier alpha value is -1.38. The quantitative estimate of drug-likeness (QED) is 0.658. The number of nitrogen functional groups attached to an aromatic ring is 1. The van der Waals surface area contributed by atoms with E-state index < -0.39 is 0 Å². The van der Waals surface area contributed by atoms with Crippen molar-refractivity contribution in [2.45, 2.75) is 25.7 Å². The molecular weight excluding hydrogens is 190 g/mol. The van der Waals surface area contributed by atoms with Crippen LogP contribution < -0.4 is 15.2 Å². The van der Waals surface area contributed by atoms with Gasteiger partial charge in [0.25, 0.3) is 0 Å². The minimum atomic E-state index is 0.789. The highest BCUT2D eigenvalue weighted by molar-refractivity contribution is 5.68. The standard InChI is InChI=1S/C12H15NO2/c13-11-9-4-2-5-14-10(9)7-8-3-1-6-15-12(8)11/h7H,1-6,13H2. The van der Waals surface area contributed by atoms with Gasteiger partial charge in [-0.05, 0) is 31.7 Å². The van der Waals surface area contributed by atoms with E-state index >= 15 is 0 Å². The molecule has 2 aliphatic rings. The number of rotatable bonds is 0. The molecule has 0 aromatic heterocycles. The summed E-state index contributed by atoms with van der Waals surface area (Å²) in [4.78, 5) is 0. The number of fused-ring (bicyclic) bond motifs is 2. The van der Waals surface area contributed by atoms with E-state index in [1.807, 2.05) is 0 Å². The third kappa shape index (κ3) is 1.34. The highest BCUT2D eigenvalue weighted by atomic mass is 16.5. The molecule has 1 aromatic rings. The molecule has 0 fully saturated rings. The first-order chi connectivity index (χ1) is 7.36. The van der Waals surface area contributed by atoms with Gasteiger partial charge in [0.05, 0.1) is 18.9 Å². The molecule has 0 aliphatic carbocycles. The van der Waals surface area contributed by atoms with Gasteiger partial charge in [-0.3, -0.25) is 0 Å². The van der Waals surface area contributed by atoms with Crippen molar-refractivity contribution >= 4 is 5.69 Å². The molecule has 2 aliphatic heterocycles. The lowest BCUT2D eigenvalue weighted by molar-refractivity contribution is 0.275. The molecule has 0 saturated carbocycles. The van der Waals surface area contributed by atoms with Gasteiger partial charge in [0.1, 0.15) is 11.5 Å². The fourth-order valence-electron chi connectivity index (χ4n) is 2.36. The second kappa shape index (κ2) is 3.33. The van der Waals surface area contributed by atoms with Crippen molar-refractivity contribution in [3.8, 4) is 11.5 Å². The number of anilines is 1. The van der Waals surface area contributed by atoms with Crippen molar-refractivity contribution in [1.29, 1.82) is 0 Å². The van der Waals surface area contributed by atoms with E-state index in [2.05, 4.69) is 6.07 Å². The first kappa shape index (κ1) is 8.89. The fraction of sp³-hybridized carbons (Fsp3) is 0.500. The molecule has 15 heavy (non-hydrogen) atoms. The zero-order chi connectivity index (χ0) is 10.3. The number of aryl methyl sites for hydroxylation is 1. The van der Waals surface area contributed by atoms with Gasteiger partial charge >= 0.3 is 0 Å². The van der Waals surface area contributed by atoms with Gasteiger partial charge in [0.15, 0.2) is 0 Å². The molecule has 0 radical (unpaired) electrons. The number of nitrogens with two attached hydrogens (primary N) is 1. The Morgan fingerprint density at radius 3 is 2.80 bits per heavy atom. The van der Waals surface area contributed by atoms with Gasteiger partial charge in [-0.1, -0.05) is 0 Å².